The van der Waals surface area contributed by atoms with Crippen molar-refractivity contribution in [2.45, 2.75) is 6.42 Å². The topological polar surface area (TPSA) is 72.3 Å². The van der Waals surface area contributed by atoms with Gasteiger partial charge in [0.05, 0.1) is 0 Å². The maximum atomic E-state index is 7.65. The number of rotatable bonds is 3. The van der Waals surface area contributed by atoms with Gasteiger partial charge >= 0.3 is 0 Å². The van der Waals surface area contributed by atoms with Crippen molar-refractivity contribution in [2.75, 3.05) is 20.6 Å². The van der Waals surface area contributed by atoms with Crippen molar-refractivity contribution in [3.05, 3.63) is 35.9 Å². The lowest BCUT2D eigenvalue weighted by Gasteiger charge is -2.11. The fourth-order valence-electron chi connectivity index (χ4n) is 1.37. The molecule has 0 aliphatic rings. The van der Waals surface area contributed by atoms with Gasteiger partial charge < -0.3 is 10.6 Å². The van der Waals surface area contributed by atoms with Crippen LogP contribution in [0.15, 0.2) is 35.3 Å². The highest BCUT2D eigenvalue weighted by atomic mass is 15.2. The molecule has 4 N–H and O–H groups in total. The zero-order valence-corrected chi connectivity index (χ0v) is 10.2. The van der Waals surface area contributed by atoms with E-state index in [1.165, 1.54) is 5.56 Å². The molecule has 0 aliphatic carbocycles. The molecule has 0 heterocycles. The molecule has 0 fully saturated rings. The van der Waals surface area contributed by atoms with Gasteiger partial charge in [-0.05, 0) is 12.0 Å². The second kappa shape index (κ2) is 7.27. The molecular weight excluding hydrogens is 214 g/mol. The first-order chi connectivity index (χ1) is 8.26. The summed E-state index contributed by atoms with van der Waals surface area (Å²) in [7, 11) is 3.42. The van der Waals surface area contributed by atoms with Crippen LogP contribution in [0.1, 0.15) is 5.56 Å². The van der Waals surface area contributed by atoms with Gasteiger partial charge in [0.1, 0.15) is 0 Å². The monoisotopic (exact) mass is 233 g/mol. The standard InChI is InChI=1S/C12H19N5/c1-14-12(15-2)17-11(13)16-9-8-10-6-4-3-5-7-10/h3-7H,8-9H2,1-2H3,(H4,13,14,15,16,17). The summed E-state index contributed by atoms with van der Waals surface area (Å²) in [5.74, 6) is 0.818. The zero-order valence-electron chi connectivity index (χ0n) is 10.2. The Hall–Kier alpha value is -2.04. The Kier molecular flexibility index (Phi) is 5.57. The lowest BCUT2D eigenvalue weighted by atomic mass is 10.1. The van der Waals surface area contributed by atoms with Crippen molar-refractivity contribution < 1.29 is 0 Å². The van der Waals surface area contributed by atoms with Gasteiger partial charge in [-0.1, -0.05) is 30.3 Å². The van der Waals surface area contributed by atoms with Gasteiger partial charge in [-0.2, -0.15) is 0 Å². The van der Waals surface area contributed by atoms with Crippen molar-refractivity contribution >= 4 is 11.9 Å². The summed E-state index contributed by atoms with van der Waals surface area (Å²) in [6.45, 7) is 0.719. The Bertz CT molecular complexity index is 372. The highest BCUT2D eigenvalue weighted by Crippen LogP contribution is 1.97. The molecule has 0 amide bonds. The van der Waals surface area contributed by atoms with Gasteiger partial charge in [0, 0.05) is 20.6 Å². The minimum atomic E-state index is 0.246. The molecule has 0 bridgehead atoms. The van der Waals surface area contributed by atoms with Crippen molar-refractivity contribution in [3.8, 4) is 0 Å². The fraction of sp³-hybridized carbons (Fsp3) is 0.333. The van der Waals surface area contributed by atoms with E-state index in [1.54, 1.807) is 14.1 Å². The van der Waals surface area contributed by atoms with Crippen LogP contribution in [0.5, 0.6) is 0 Å². The molecule has 0 aromatic heterocycles. The van der Waals surface area contributed by atoms with Gasteiger partial charge in [0.25, 0.3) is 0 Å². The first-order valence-corrected chi connectivity index (χ1v) is 5.54. The van der Waals surface area contributed by atoms with Gasteiger partial charge in [-0.15, -0.1) is 0 Å². The zero-order chi connectivity index (χ0) is 12.5. The van der Waals surface area contributed by atoms with Crippen LogP contribution in [0.3, 0.4) is 0 Å². The molecule has 0 unspecified atom stereocenters. The van der Waals surface area contributed by atoms with Gasteiger partial charge in [0.2, 0.25) is 0 Å². The van der Waals surface area contributed by atoms with Crippen LogP contribution in [0.2, 0.25) is 0 Å². The van der Waals surface area contributed by atoms with E-state index in [2.05, 4.69) is 33.1 Å². The molecule has 17 heavy (non-hydrogen) atoms. The highest BCUT2D eigenvalue weighted by Gasteiger charge is 1.98. The average Bonchev–Trinajstić information content (AvgIpc) is 2.37. The molecule has 92 valence electrons. The molecule has 5 nitrogen and oxygen atoms in total. The fourth-order valence-corrected chi connectivity index (χ4v) is 1.37. The van der Waals surface area contributed by atoms with Gasteiger partial charge in [0.15, 0.2) is 11.9 Å². The first kappa shape index (κ1) is 13.0. The SMILES string of the molecule is C/N=C(/NC)NC(=N)NCCc1ccccc1. The van der Waals surface area contributed by atoms with Crippen LogP contribution in [-0.4, -0.2) is 32.6 Å². The smallest absolute Gasteiger partial charge is 0.197 e. The van der Waals surface area contributed by atoms with E-state index in [0.717, 1.165) is 13.0 Å². The molecule has 1 rings (SSSR count). The third kappa shape index (κ3) is 5.01. The van der Waals surface area contributed by atoms with E-state index in [-0.39, 0.29) is 5.96 Å². The average molecular weight is 233 g/mol. The molecule has 1 aromatic carbocycles. The summed E-state index contributed by atoms with van der Waals surface area (Å²) in [6, 6.07) is 10.2. The van der Waals surface area contributed by atoms with Crippen LogP contribution >= 0.6 is 0 Å². The minimum absolute atomic E-state index is 0.246. The summed E-state index contributed by atoms with van der Waals surface area (Å²) in [4.78, 5) is 3.93. The van der Waals surface area contributed by atoms with E-state index < -0.39 is 0 Å². The number of guanidine groups is 2. The van der Waals surface area contributed by atoms with E-state index >= 15 is 0 Å². The second-order valence-electron chi connectivity index (χ2n) is 3.48. The number of nitrogens with zero attached hydrogens (tertiary/aromatic N) is 1. The number of aliphatic imine (C=N–C) groups is 1. The molecule has 5 heteroatoms. The van der Waals surface area contributed by atoms with Crippen LogP contribution < -0.4 is 16.0 Å². The van der Waals surface area contributed by atoms with E-state index in [9.17, 15) is 0 Å². The van der Waals surface area contributed by atoms with Crippen molar-refractivity contribution in [1.82, 2.24) is 16.0 Å². The van der Waals surface area contributed by atoms with Crippen LogP contribution in [0.25, 0.3) is 0 Å². The molecule has 0 aliphatic heterocycles. The molecule has 0 atom stereocenters. The normalized spacial score (nSPS) is 10.8. The number of benzene rings is 1. The van der Waals surface area contributed by atoms with E-state index in [1.807, 2.05) is 18.2 Å². The van der Waals surface area contributed by atoms with Gasteiger partial charge in [-0.3, -0.25) is 15.7 Å². The predicted octanol–water partition coefficient (Wildman–Crippen LogP) is 0.548. The minimum Gasteiger partial charge on any atom is -0.359 e. The maximum absolute atomic E-state index is 7.65. The van der Waals surface area contributed by atoms with Gasteiger partial charge in [-0.25, -0.2) is 0 Å². The third-order valence-electron chi connectivity index (χ3n) is 2.26. The van der Waals surface area contributed by atoms with Crippen molar-refractivity contribution in [3.63, 3.8) is 0 Å². The third-order valence-corrected chi connectivity index (χ3v) is 2.26. The lowest BCUT2D eigenvalue weighted by Crippen LogP contribution is -2.45. The summed E-state index contributed by atoms with van der Waals surface area (Å²) in [5.41, 5.74) is 1.26. The Morgan fingerprint density at radius 3 is 2.59 bits per heavy atom. The Morgan fingerprint density at radius 1 is 1.29 bits per heavy atom. The van der Waals surface area contributed by atoms with Crippen molar-refractivity contribution in [2.24, 2.45) is 4.99 Å². The molecule has 0 radical (unpaired) electrons. The predicted molar refractivity (Wildman–Crippen MR) is 71.4 cm³/mol. The Balaban J connectivity index is 2.25. The number of hydrogen-bond acceptors (Lipinski definition) is 2. The molecule has 0 saturated heterocycles. The Morgan fingerprint density at radius 2 is 2.00 bits per heavy atom. The molecule has 0 spiro atoms. The number of nitrogens with one attached hydrogen (secondary N) is 4. The largest absolute Gasteiger partial charge is 0.359 e. The molecule has 0 saturated carbocycles. The van der Waals surface area contributed by atoms with E-state index in [4.69, 9.17) is 5.41 Å². The van der Waals surface area contributed by atoms with E-state index in [0.29, 0.717) is 5.96 Å². The molecule has 1 aromatic rings. The summed E-state index contributed by atoms with van der Waals surface area (Å²) in [5, 5.41) is 16.3. The second-order valence-corrected chi connectivity index (χ2v) is 3.48. The van der Waals surface area contributed by atoms with Crippen molar-refractivity contribution in [1.29, 1.82) is 5.41 Å². The van der Waals surface area contributed by atoms with Crippen LogP contribution in [0.4, 0.5) is 0 Å². The molecular formula is C12H19N5. The summed E-state index contributed by atoms with van der Waals surface area (Å²) < 4.78 is 0. The van der Waals surface area contributed by atoms with Crippen LogP contribution in [0, 0.1) is 5.41 Å². The highest BCUT2D eigenvalue weighted by molar-refractivity contribution is 5.96. The quantitative estimate of drug-likeness (QED) is 0.455. The Labute approximate surface area is 102 Å². The maximum Gasteiger partial charge on any atom is 0.197 e. The first-order valence-electron chi connectivity index (χ1n) is 5.54. The summed E-state index contributed by atoms with van der Waals surface area (Å²) in [6.07, 6.45) is 0.892. The van der Waals surface area contributed by atoms with Crippen LogP contribution in [-0.2, 0) is 6.42 Å². The lowest BCUT2D eigenvalue weighted by molar-refractivity contribution is 0.838. The number of hydrogen-bond donors (Lipinski definition) is 4. The summed E-state index contributed by atoms with van der Waals surface area (Å²) >= 11 is 0.